The van der Waals surface area contributed by atoms with Crippen LogP contribution in [0.2, 0.25) is 5.02 Å². The molecule has 3 aromatic rings. The maximum atomic E-state index is 14.7. The average molecular weight is 489 g/mol. The highest BCUT2D eigenvalue weighted by molar-refractivity contribution is 7.89. The van der Waals surface area contributed by atoms with Crippen LogP contribution >= 0.6 is 11.6 Å². The normalized spacial score (nSPS) is 15.7. The molecule has 0 aliphatic carbocycles. The Labute approximate surface area is 197 Å². The van der Waals surface area contributed by atoms with Gasteiger partial charge in [0.2, 0.25) is 10.0 Å². The number of carbonyl (C=O) groups is 1. The molecule has 33 heavy (non-hydrogen) atoms. The lowest BCUT2D eigenvalue weighted by Gasteiger charge is -2.26. The largest absolute Gasteiger partial charge is 0.379 e. The molecule has 1 unspecified atom stereocenters. The van der Waals surface area contributed by atoms with Gasteiger partial charge in [-0.1, -0.05) is 54.1 Å². The zero-order valence-corrected chi connectivity index (χ0v) is 19.2. The van der Waals surface area contributed by atoms with Gasteiger partial charge in [0.25, 0.3) is 5.91 Å². The molecule has 0 saturated carbocycles. The fourth-order valence-electron chi connectivity index (χ4n) is 3.64. The SMILES string of the molecule is O=C(NC(c1ccccc1)c1ccc(Cl)cc1)c1cc(S(=O)(=O)N2CCOCC2)ccc1F. The van der Waals surface area contributed by atoms with Crippen LogP contribution in [-0.4, -0.2) is 44.9 Å². The fourth-order valence-corrected chi connectivity index (χ4v) is 5.20. The van der Waals surface area contributed by atoms with E-state index in [1.807, 2.05) is 30.3 Å². The van der Waals surface area contributed by atoms with Gasteiger partial charge >= 0.3 is 0 Å². The molecule has 0 aromatic heterocycles. The van der Waals surface area contributed by atoms with Crippen molar-refractivity contribution >= 4 is 27.5 Å². The van der Waals surface area contributed by atoms with Gasteiger partial charge in [0.1, 0.15) is 5.82 Å². The van der Waals surface area contributed by atoms with Gasteiger partial charge in [-0.05, 0) is 41.5 Å². The summed E-state index contributed by atoms with van der Waals surface area (Å²) in [6.45, 7) is 0.975. The molecular weight excluding hydrogens is 467 g/mol. The first-order valence-corrected chi connectivity index (χ1v) is 12.2. The third kappa shape index (κ3) is 5.25. The lowest BCUT2D eigenvalue weighted by molar-refractivity contribution is 0.0730. The van der Waals surface area contributed by atoms with Crippen LogP contribution in [-0.2, 0) is 14.8 Å². The molecule has 1 fully saturated rings. The fraction of sp³-hybridized carbons (Fsp3) is 0.208. The summed E-state index contributed by atoms with van der Waals surface area (Å²) < 4.78 is 47.1. The van der Waals surface area contributed by atoms with Crippen LogP contribution in [0.3, 0.4) is 0 Å². The number of benzene rings is 3. The van der Waals surface area contributed by atoms with Crippen LogP contribution in [0.4, 0.5) is 4.39 Å². The second kappa shape index (κ2) is 10.0. The number of sulfonamides is 1. The van der Waals surface area contributed by atoms with E-state index in [4.69, 9.17) is 16.3 Å². The molecular formula is C24H22ClFN2O4S. The van der Waals surface area contributed by atoms with E-state index in [0.717, 1.165) is 23.3 Å². The first-order chi connectivity index (χ1) is 15.9. The number of nitrogens with zero attached hydrogens (tertiary/aromatic N) is 1. The average Bonchev–Trinajstić information content (AvgIpc) is 2.84. The van der Waals surface area contributed by atoms with E-state index in [9.17, 15) is 17.6 Å². The highest BCUT2D eigenvalue weighted by atomic mass is 35.5. The Morgan fingerprint density at radius 2 is 1.61 bits per heavy atom. The summed E-state index contributed by atoms with van der Waals surface area (Å²) in [4.78, 5) is 13.0. The number of carbonyl (C=O) groups excluding carboxylic acids is 1. The van der Waals surface area contributed by atoms with Crippen molar-refractivity contribution in [3.05, 3.63) is 100 Å². The zero-order valence-electron chi connectivity index (χ0n) is 17.6. The first-order valence-electron chi connectivity index (χ1n) is 10.3. The van der Waals surface area contributed by atoms with Gasteiger partial charge in [-0.25, -0.2) is 12.8 Å². The number of morpholine rings is 1. The molecule has 3 aromatic carbocycles. The molecule has 1 heterocycles. The van der Waals surface area contributed by atoms with E-state index in [2.05, 4.69) is 5.32 Å². The van der Waals surface area contributed by atoms with E-state index >= 15 is 0 Å². The molecule has 9 heteroatoms. The Bertz CT molecular complexity index is 1230. The summed E-state index contributed by atoms with van der Waals surface area (Å²) in [5.41, 5.74) is 1.18. The molecule has 1 amide bonds. The summed E-state index contributed by atoms with van der Waals surface area (Å²) in [6, 6.07) is 18.8. The minimum Gasteiger partial charge on any atom is -0.379 e. The van der Waals surface area contributed by atoms with Crippen LogP contribution in [0, 0.1) is 5.82 Å². The molecule has 0 spiro atoms. The van der Waals surface area contributed by atoms with Gasteiger partial charge in [-0.15, -0.1) is 0 Å². The van der Waals surface area contributed by atoms with Crippen molar-refractivity contribution < 1.29 is 22.3 Å². The summed E-state index contributed by atoms with van der Waals surface area (Å²) in [5.74, 6) is -1.54. The van der Waals surface area contributed by atoms with Gasteiger partial charge in [0.05, 0.1) is 29.7 Å². The second-order valence-electron chi connectivity index (χ2n) is 7.53. The first kappa shape index (κ1) is 23.4. The van der Waals surface area contributed by atoms with Crippen LogP contribution in [0.15, 0.2) is 77.7 Å². The van der Waals surface area contributed by atoms with Gasteiger partial charge in [-0.2, -0.15) is 4.31 Å². The highest BCUT2D eigenvalue weighted by Crippen LogP contribution is 2.25. The molecule has 1 aliphatic rings. The van der Waals surface area contributed by atoms with E-state index in [1.165, 1.54) is 10.4 Å². The van der Waals surface area contributed by atoms with Gasteiger partial charge in [0, 0.05) is 18.1 Å². The smallest absolute Gasteiger partial charge is 0.255 e. The Balaban J connectivity index is 1.66. The number of amides is 1. The minimum absolute atomic E-state index is 0.140. The Kier molecular flexibility index (Phi) is 7.09. The van der Waals surface area contributed by atoms with Crippen LogP contribution in [0.1, 0.15) is 27.5 Å². The van der Waals surface area contributed by atoms with Crippen molar-refractivity contribution in [2.75, 3.05) is 26.3 Å². The topological polar surface area (TPSA) is 75.7 Å². The van der Waals surface area contributed by atoms with Crippen molar-refractivity contribution in [1.82, 2.24) is 9.62 Å². The summed E-state index contributed by atoms with van der Waals surface area (Å²) >= 11 is 6.00. The molecule has 1 N–H and O–H groups in total. The van der Waals surface area contributed by atoms with E-state index in [1.54, 1.807) is 24.3 Å². The van der Waals surface area contributed by atoms with Crippen LogP contribution in [0.5, 0.6) is 0 Å². The molecule has 1 aliphatic heterocycles. The van der Waals surface area contributed by atoms with Crippen molar-refractivity contribution in [3.63, 3.8) is 0 Å². The van der Waals surface area contributed by atoms with Gasteiger partial charge < -0.3 is 10.1 Å². The number of halogens is 2. The van der Waals surface area contributed by atoms with Crippen molar-refractivity contribution in [2.24, 2.45) is 0 Å². The number of ether oxygens (including phenoxy) is 1. The zero-order chi connectivity index (χ0) is 23.4. The third-order valence-electron chi connectivity index (χ3n) is 5.40. The Morgan fingerprint density at radius 1 is 0.970 bits per heavy atom. The minimum atomic E-state index is -3.88. The number of rotatable bonds is 6. The van der Waals surface area contributed by atoms with E-state index in [-0.39, 0.29) is 36.8 Å². The second-order valence-corrected chi connectivity index (χ2v) is 9.90. The standard InChI is InChI=1S/C24H22ClFN2O4S/c25-19-8-6-18(7-9-19)23(17-4-2-1-3-5-17)27-24(29)21-16-20(10-11-22(21)26)33(30,31)28-12-14-32-15-13-28/h1-11,16,23H,12-15H2,(H,27,29). The number of hydrogen-bond donors (Lipinski definition) is 1. The lowest BCUT2D eigenvalue weighted by atomic mass is 9.98. The molecule has 172 valence electrons. The van der Waals surface area contributed by atoms with Crippen LogP contribution < -0.4 is 5.32 Å². The monoisotopic (exact) mass is 488 g/mol. The molecule has 1 saturated heterocycles. The number of nitrogens with one attached hydrogen (secondary N) is 1. The third-order valence-corrected chi connectivity index (χ3v) is 7.55. The summed E-state index contributed by atoms with van der Waals surface area (Å²) in [7, 11) is -3.88. The maximum absolute atomic E-state index is 14.7. The molecule has 0 bridgehead atoms. The van der Waals surface area contributed by atoms with Gasteiger partial charge in [-0.3, -0.25) is 4.79 Å². The summed E-state index contributed by atoms with van der Waals surface area (Å²) in [5, 5.41) is 3.38. The maximum Gasteiger partial charge on any atom is 0.255 e. The van der Waals surface area contributed by atoms with Crippen molar-refractivity contribution in [1.29, 1.82) is 0 Å². The molecule has 1 atom stereocenters. The number of hydrogen-bond acceptors (Lipinski definition) is 4. The predicted molar refractivity (Wildman–Crippen MR) is 123 cm³/mol. The lowest BCUT2D eigenvalue weighted by Crippen LogP contribution is -2.40. The molecule has 0 radical (unpaired) electrons. The predicted octanol–water partition coefficient (Wildman–Crippen LogP) is 4.02. The van der Waals surface area contributed by atoms with Crippen molar-refractivity contribution in [2.45, 2.75) is 10.9 Å². The van der Waals surface area contributed by atoms with Crippen molar-refractivity contribution in [3.8, 4) is 0 Å². The van der Waals surface area contributed by atoms with E-state index < -0.39 is 27.8 Å². The molecule has 4 rings (SSSR count). The van der Waals surface area contributed by atoms with Crippen LogP contribution in [0.25, 0.3) is 0 Å². The molecule has 6 nitrogen and oxygen atoms in total. The highest BCUT2D eigenvalue weighted by Gasteiger charge is 2.28. The summed E-state index contributed by atoms with van der Waals surface area (Å²) in [6.07, 6.45) is 0. The Morgan fingerprint density at radius 3 is 2.27 bits per heavy atom. The van der Waals surface area contributed by atoms with Gasteiger partial charge in [0.15, 0.2) is 0 Å². The Hall–Kier alpha value is -2.78. The quantitative estimate of drug-likeness (QED) is 0.568. The van der Waals surface area contributed by atoms with E-state index in [0.29, 0.717) is 5.02 Å².